The number of rotatable bonds is 8. The molecule has 1 aliphatic heterocycles. The fourth-order valence-electron chi connectivity index (χ4n) is 5.38. The van der Waals surface area contributed by atoms with Gasteiger partial charge in [-0.3, -0.25) is 24.1 Å². The van der Waals surface area contributed by atoms with Crippen LogP contribution >= 0.6 is 0 Å². The number of nitrogens with one attached hydrogen (secondary N) is 1. The molecule has 8 heteroatoms. The van der Waals surface area contributed by atoms with Crippen LogP contribution < -0.4 is 5.32 Å². The first-order chi connectivity index (χ1) is 16.8. The minimum absolute atomic E-state index is 0.000379. The number of allylic oxidation sites excluding steroid dienone is 2. The third-order valence-corrected chi connectivity index (χ3v) is 7.53. The van der Waals surface area contributed by atoms with E-state index in [1.165, 1.54) is 28.4 Å². The Morgan fingerprint density at radius 3 is 2.23 bits per heavy atom. The molecule has 3 atom stereocenters. The Hall–Kier alpha value is -3.03. The minimum atomic E-state index is -0.744. The topological polar surface area (TPSA) is 86.8 Å². The van der Waals surface area contributed by atoms with Crippen molar-refractivity contribution < 1.29 is 23.6 Å². The van der Waals surface area contributed by atoms with Gasteiger partial charge in [0.15, 0.2) is 0 Å². The van der Waals surface area contributed by atoms with Gasteiger partial charge in [0.1, 0.15) is 11.9 Å². The fourth-order valence-corrected chi connectivity index (χ4v) is 5.38. The molecule has 0 unspecified atom stereocenters. The zero-order valence-electron chi connectivity index (χ0n) is 20.2. The maximum absolute atomic E-state index is 13.4. The minimum Gasteiger partial charge on any atom is -0.352 e. The Balaban J connectivity index is 1.44. The van der Waals surface area contributed by atoms with E-state index in [2.05, 4.69) is 5.32 Å². The molecule has 0 bridgehead atoms. The van der Waals surface area contributed by atoms with Crippen molar-refractivity contribution in [3.8, 4) is 0 Å². The number of benzene rings is 1. The molecule has 4 rings (SSSR count). The SMILES string of the molecule is C[C@H](C(=O)NC1CCCCC1)N(Cc1ccc(F)cc1)C(=O)CCN1C(=O)[C@H]2CC=CC[C@H]2C1=O. The van der Waals surface area contributed by atoms with Gasteiger partial charge in [-0.15, -0.1) is 0 Å². The third kappa shape index (κ3) is 5.80. The van der Waals surface area contributed by atoms with Crippen molar-refractivity contribution in [1.82, 2.24) is 15.1 Å². The molecule has 0 aromatic heterocycles. The van der Waals surface area contributed by atoms with Crippen LogP contribution in [0.5, 0.6) is 0 Å². The van der Waals surface area contributed by atoms with Crippen LogP contribution in [-0.4, -0.2) is 52.1 Å². The summed E-state index contributed by atoms with van der Waals surface area (Å²) in [5.74, 6) is -2.03. The van der Waals surface area contributed by atoms with Crippen LogP contribution in [0.1, 0.15) is 63.9 Å². The van der Waals surface area contributed by atoms with Gasteiger partial charge in [-0.1, -0.05) is 43.5 Å². The standard InChI is InChI=1S/C27H34FN3O4/c1-18(25(33)29-21-7-3-2-4-8-21)31(17-19-11-13-20(28)14-12-19)24(32)15-16-30-26(34)22-9-5-6-10-23(22)27(30)35/h5-6,11-14,18,21-23H,2-4,7-10,15-17H2,1H3,(H,29,33)/t18-,22-,23+/m1/s1. The largest absolute Gasteiger partial charge is 0.352 e. The molecule has 188 valence electrons. The van der Waals surface area contributed by atoms with E-state index in [1.807, 2.05) is 12.2 Å². The summed E-state index contributed by atoms with van der Waals surface area (Å²) >= 11 is 0. The molecule has 0 radical (unpaired) electrons. The van der Waals surface area contributed by atoms with Crippen LogP contribution in [0, 0.1) is 17.7 Å². The summed E-state index contributed by atoms with van der Waals surface area (Å²) in [5.41, 5.74) is 0.697. The Morgan fingerprint density at radius 1 is 1.03 bits per heavy atom. The highest BCUT2D eigenvalue weighted by molar-refractivity contribution is 6.05. The molecule has 2 fully saturated rings. The average molecular weight is 484 g/mol. The highest BCUT2D eigenvalue weighted by Crippen LogP contribution is 2.35. The van der Waals surface area contributed by atoms with E-state index in [9.17, 15) is 23.6 Å². The number of carbonyl (C=O) groups is 4. The molecule has 1 heterocycles. The number of fused-ring (bicyclic) bond motifs is 1. The van der Waals surface area contributed by atoms with Gasteiger partial charge in [0.05, 0.1) is 11.8 Å². The highest BCUT2D eigenvalue weighted by atomic mass is 19.1. The van der Waals surface area contributed by atoms with E-state index in [0.29, 0.717) is 18.4 Å². The Labute approximate surface area is 205 Å². The summed E-state index contributed by atoms with van der Waals surface area (Å²) in [6.07, 6.45) is 10.1. The maximum Gasteiger partial charge on any atom is 0.242 e. The van der Waals surface area contributed by atoms with Gasteiger partial charge in [0, 0.05) is 25.6 Å². The predicted molar refractivity (Wildman–Crippen MR) is 128 cm³/mol. The van der Waals surface area contributed by atoms with Crippen LogP contribution in [0.25, 0.3) is 0 Å². The van der Waals surface area contributed by atoms with Gasteiger partial charge in [-0.05, 0) is 50.3 Å². The van der Waals surface area contributed by atoms with E-state index < -0.39 is 6.04 Å². The van der Waals surface area contributed by atoms with Crippen molar-refractivity contribution in [3.05, 3.63) is 47.8 Å². The molecule has 1 N–H and O–H groups in total. The number of hydrogen-bond acceptors (Lipinski definition) is 4. The van der Waals surface area contributed by atoms with Crippen LogP contribution in [0.2, 0.25) is 0 Å². The molecule has 7 nitrogen and oxygen atoms in total. The van der Waals surface area contributed by atoms with Gasteiger partial charge < -0.3 is 10.2 Å². The second-order valence-electron chi connectivity index (χ2n) is 9.90. The molecule has 3 aliphatic rings. The first kappa shape index (κ1) is 25.1. The molecule has 1 aromatic rings. The van der Waals surface area contributed by atoms with Crippen molar-refractivity contribution in [3.63, 3.8) is 0 Å². The van der Waals surface area contributed by atoms with Crippen LogP contribution in [0.4, 0.5) is 4.39 Å². The molecule has 35 heavy (non-hydrogen) atoms. The molecule has 1 saturated heterocycles. The first-order valence-electron chi connectivity index (χ1n) is 12.7. The molecule has 0 spiro atoms. The van der Waals surface area contributed by atoms with Crippen molar-refractivity contribution in [1.29, 1.82) is 0 Å². The van der Waals surface area contributed by atoms with Crippen molar-refractivity contribution >= 4 is 23.6 Å². The second kappa shape index (κ2) is 11.1. The summed E-state index contributed by atoms with van der Waals surface area (Å²) in [6.45, 7) is 1.82. The zero-order valence-corrected chi connectivity index (χ0v) is 20.2. The normalized spacial score (nSPS) is 23.2. The van der Waals surface area contributed by atoms with E-state index in [0.717, 1.165) is 25.7 Å². The zero-order chi connectivity index (χ0) is 24.9. The molecule has 1 aromatic carbocycles. The number of amides is 4. The van der Waals surface area contributed by atoms with Gasteiger partial charge in [-0.2, -0.15) is 0 Å². The predicted octanol–water partition coefficient (Wildman–Crippen LogP) is 3.33. The van der Waals surface area contributed by atoms with Gasteiger partial charge >= 0.3 is 0 Å². The second-order valence-corrected chi connectivity index (χ2v) is 9.90. The molecule has 1 saturated carbocycles. The Kier molecular flexibility index (Phi) is 7.98. The van der Waals surface area contributed by atoms with Crippen LogP contribution in [-0.2, 0) is 25.7 Å². The van der Waals surface area contributed by atoms with Crippen molar-refractivity contribution in [2.24, 2.45) is 11.8 Å². The van der Waals surface area contributed by atoms with Gasteiger partial charge in [-0.25, -0.2) is 4.39 Å². The maximum atomic E-state index is 13.4. The van der Waals surface area contributed by atoms with Crippen molar-refractivity contribution in [2.75, 3.05) is 6.54 Å². The summed E-state index contributed by atoms with van der Waals surface area (Å²) < 4.78 is 13.4. The lowest BCUT2D eigenvalue weighted by Crippen LogP contribution is -2.51. The number of hydrogen-bond donors (Lipinski definition) is 1. The highest BCUT2D eigenvalue weighted by Gasteiger charge is 2.47. The number of imide groups is 1. The van der Waals surface area contributed by atoms with Crippen LogP contribution in [0.3, 0.4) is 0 Å². The molecule has 4 amide bonds. The van der Waals surface area contributed by atoms with E-state index in [1.54, 1.807) is 19.1 Å². The lowest BCUT2D eigenvalue weighted by atomic mass is 9.85. The van der Waals surface area contributed by atoms with Crippen molar-refractivity contribution in [2.45, 2.75) is 76.9 Å². The summed E-state index contributed by atoms with van der Waals surface area (Å²) in [4.78, 5) is 54.6. The molecular weight excluding hydrogens is 449 g/mol. The van der Waals surface area contributed by atoms with Gasteiger partial charge in [0.25, 0.3) is 0 Å². The first-order valence-corrected chi connectivity index (χ1v) is 12.7. The average Bonchev–Trinajstić information content (AvgIpc) is 3.11. The number of halogens is 1. The Morgan fingerprint density at radius 2 is 1.63 bits per heavy atom. The van der Waals surface area contributed by atoms with Gasteiger partial charge in [0.2, 0.25) is 23.6 Å². The summed E-state index contributed by atoms with van der Waals surface area (Å²) in [5, 5.41) is 3.08. The fraction of sp³-hybridized carbons (Fsp3) is 0.556. The number of nitrogens with zero attached hydrogens (tertiary/aromatic N) is 2. The molecular formula is C27H34FN3O4. The summed E-state index contributed by atoms with van der Waals surface area (Å²) in [7, 11) is 0. The van der Waals surface area contributed by atoms with E-state index in [-0.39, 0.29) is 66.8 Å². The monoisotopic (exact) mass is 483 g/mol. The third-order valence-electron chi connectivity index (χ3n) is 7.53. The van der Waals surface area contributed by atoms with E-state index >= 15 is 0 Å². The molecule has 2 aliphatic carbocycles. The Bertz CT molecular complexity index is 961. The summed E-state index contributed by atoms with van der Waals surface area (Å²) in [6, 6.07) is 5.19. The lowest BCUT2D eigenvalue weighted by Gasteiger charge is -2.31. The van der Waals surface area contributed by atoms with E-state index in [4.69, 9.17) is 0 Å². The number of carbonyl (C=O) groups excluding carboxylic acids is 4. The number of likely N-dealkylation sites (tertiary alicyclic amines) is 1. The lowest BCUT2D eigenvalue weighted by molar-refractivity contribution is -0.144. The van der Waals surface area contributed by atoms with Crippen LogP contribution in [0.15, 0.2) is 36.4 Å². The smallest absolute Gasteiger partial charge is 0.242 e. The quantitative estimate of drug-likeness (QED) is 0.454.